The summed E-state index contributed by atoms with van der Waals surface area (Å²) in [5.41, 5.74) is 0. The van der Waals surface area contributed by atoms with Crippen LogP contribution in [0.15, 0.2) is 0 Å². The lowest BCUT2D eigenvalue weighted by Crippen LogP contribution is -2.18. The number of rotatable bonds is 12. The minimum absolute atomic E-state index is 0.393. The molecule has 0 radical (unpaired) electrons. The van der Waals surface area contributed by atoms with Crippen molar-refractivity contribution in [2.24, 2.45) is 5.92 Å². The summed E-state index contributed by atoms with van der Waals surface area (Å²) >= 11 is 0. The largest absolute Gasteiger partial charge is 0.479 e. The lowest BCUT2D eigenvalue weighted by atomic mass is 10.0. The van der Waals surface area contributed by atoms with E-state index in [2.05, 4.69) is 13.8 Å². The fraction of sp³-hybridized carbons (Fsp3) is 0.933. The fourth-order valence-corrected chi connectivity index (χ4v) is 2.07. The van der Waals surface area contributed by atoms with E-state index >= 15 is 0 Å². The molecule has 0 saturated carbocycles. The number of unbranched alkanes of at least 4 members (excludes halogenated alkanes) is 7. The molecule has 0 saturated heterocycles. The molecule has 0 fully saturated rings. The molecule has 18 heavy (non-hydrogen) atoms. The molecule has 0 aromatic carbocycles. The van der Waals surface area contributed by atoms with Crippen LogP contribution in [0.2, 0.25) is 0 Å². The summed E-state index contributed by atoms with van der Waals surface area (Å²) in [4.78, 5) is 10.4. The van der Waals surface area contributed by atoms with Gasteiger partial charge in [-0.1, -0.05) is 71.6 Å². The second kappa shape index (κ2) is 11.5. The first kappa shape index (κ1) is 17.4. The molecule has 0 aromatic heterocycles. The van der Waals surface area contributed by atoms with Gasteiger partial charge in [0.05, 0.1) is 0 Å². The summed E-state index contributed by atoms with van der Waals surface area (Å²) in [6, 6.07) is 0. The first-order valence-electron chi connectivity index (χ1n) is 7.45. The maximum Gasteiger partial charge on any atom is 0.332 e. The van der Waals surface area contributed by atoms with Gasteiger partial charge in [-0.2, -0.15) is 0 Å². The summed E-state index contributed by atoms with van der Waals surface area (Å²) in [5.74, 6) is -0.272. The summed E-state index contributed by atoms with van der Waals surface area (Å²) < 4.78 is 0. The van der Waals surface area contributed by atoms with Crippen molar-refractivity contribution < 1.29 is 15.0 Å². The van der Waals surface area contributed by atoms with Gasteiger partial charge in [-0.25, -0.2) is 4.79 Å². The highest BCUT2D eigenvalue weighted by atomic mass is 16.4. The molecule has 0 aliphatic carbocycles. The third-order valence-electron chi connectivity index (χ3n) is 3.29. The summed E-state index contributed by atoms with van der Waals surface area (Å²) in [5, 5.41) is 17.6. The average molecular weight is 258 g/mol. The van der Waals surface area contributed by atoms with Gasteiger partial charge in [-0.05, 0) is 12.3 Å². The molecule has 2 N–H and O–H groups in total. The SMILES string of the molecule is CC(C)CCCCCCCCCCC(O)C(=O)O. The number of aliphatic hydroxyl groups is 1. The molecule has 0 aromatic rings. The van der Waals surface area contributed by atoms with Gasteiger partial charge in [-0.15, -0.1) is 0 Å². The smallest absolute Gasteiger partial charge is 0.332 e. The van der Waals surface area contributed by atoms with Crippen molar-refractivity contribution in [3.63, 3.8) is 0 Å². The molecule has 1 unspecified atom stereocenters. The standard InChI is InChI=1S/C15H30O3/c1-13(2)11-9-7-5-3-4-6-8-10-12-14(16)15(17)18/h13-14,16H,3-12H2,1-2H3,(H,17,18). The lowest BCUT2D eigenvalue weighted by Gasteiger charge is -2.06. The molecule has 0 heterocycles. The Labute approximate surface area is 112 Å². The van der Waals surface area contributed by atoms with Crippen LogP contribution in [0.4, 0.5) is 0 Å². The topological polar surface area (TPSA) is 57.5 Å². The van der Waals surface area contributed by atoms with E-state index in [4.69, 9.17) is 10.2 Å². The number of aliphatic hydroxyl groups excluding tert-OH is 1. The van der Waals surface area contributed by atoms with Crippen molar-refractivity contribution >= 4 is 5.97 Å². The van der Waals surface area contributed by atoms with Crippen molar-refractivity contribution in [3.05, 3.63) is 0 Å². The third kappa shape index (κ3) is 11.9. The van der Waals surface area contributed by atoms with Gasteiger partial charge in [0.15, 0.2) is 6.10 Å². The van der Waals surface area contributed by atoms with Crippen LogP contribution in [-0.2, 0) is 4.79 Å². The van der Waals surface area contributed by atoms with Gasteiger partial charge in [0.1, 0.15) is 0 Å². The van der Waals surface area contributed by atoms with Crippen LogP contribution in [0.1, 0.15) is 78.1 Å². The summed E-state index contributed by atoms with van der Waals surface area (Å²) in [7, 11) is 0. The molecule has 1 atom stereocenters. The molecule has 108 valence electrons. The van der Waals surface area contributed by atoms with Crippen LogP contribution >= 0.6 is 0 Å². The highest BCUT2D eigenvalue weighted by molar-refractivity contribution is 5.71. The number of hydrogen-bond acceptors (Lipinski definition) is 2. The maximum absolute atomic E-state index is 10.4. The predicted octanol–water partition coefficient (Wildman–Crippen LogP) is 3.99. The van der Waals surface area contributed by atoms with Crippen LogP contribution in [-0.4, -0.2) is 22.3 Å². The molecule has 0 aliphatic rings. The Morgan fingerprint density at radius 2 is 1.22 bits per heavy atom. The highest BCUT2D eigenvalue weighted by Gasteiger charge is 2.11. The molecule has 0 spiro atoms. The van der Waals surface area contributed by atoms with Gasteiger partial charge in [0, 0.05) is 0 Å². The Balaban J connectivity index is 3.10. The maximum atomic E-state index is 10.4. The van der Waals surface area contributed by atoms with E-state index in [0.717, 1.165) is 25.2 Å². The molecule has 0 amide bonds. The predicted molar refractivity (Wildman–Crippen MR) is 74.7 cm³/mol. The fourth-order valence-electron chi connectivity index (χ4n) is 2.07. The van der Waals surface area contributed by atoms with Crippen molar-refractivity contribution in [2.45, 2.75) is 84.2 Å². The van der Waals surface area contributed by atoms with Gasteiger partial charge in [0.2, 0.25) is 0 Å². The summed E-state index contributed by atoms with van der Waals surface area (Å²) in [6.45, 7) is 4.54. The average Bonchev–Trinajstić information content (AvgIpc) is 2.30. The minimum atomic E-state index is -1.17. The number of carboxylic acid groups (broad SMARTS) is 1. The van der Waals surface area contributed by atoms with E-state index < -0.39 is 12.1 Å². The monoisotopic (exact) mass is 258 g/mol. The van der Waals surface area contributed by atoms with E-state index in [1.165, 1.54) is 38.5 Å². The van der Waals surface area contributed by atoms with Crippen LogP contribution in [0, 0.1) is 5.92 Å². The molecule has 0 bridgehead atoms. The zero-order chi connectivity index (χ0) is 13.8. The van der Waals surface area contributed by atoms with E-state index in [1.807, 2.05) is 0 Å². The van der Waals surface area contributed by atoms with E-state index in [1.54, 1.807) is 0 Å². The number of aliphatic carboxylic acids is 1. The Morgan fingerprint density at radius 1 is 0.833 bits per heavy atom. The lowest BCUT2D eigenvalue weighted by molar-refractivity contribution is -0.146. The second-order valence-electron chi connectivity index (χ2n) is 5.65. The third-order valence-corrected chi connectivity index (χ3v) is 3.29. The highest BCUT2D eigenvalue weighted by Crippen LogP contribution is 2.13. The number of carboxylic acids is 1. The van der Waals surface area contributed by atoms with Crippen LogP contribution in [0.5, 0.6) is 0 Å². The molecular formula is C15H30O3. The van der Waals surface area contributed by atoms with Crippen molar-refractivity contribution in [1.29, 1.82) is 0 Å². The Kier molecular flexibility index (Phi) is 11.2. The Bertz CT molecular complexity index is 202. The Morgan fingerprint density at radius 3 is 1.61 bits per heavy atom. The molecule has 0 rings (SSSR count). The first-order chi connectivity index (χ1) is 8.54. The van der Waals surface area contributed by atoms with E-state index in [-0.39, 0.29) is 0 Å². The minimum Gasteiger partial charge on any atom is -0.479 e. The number of hydrogen-bond donors (Lipinski definition) is 2. The zero-order valence-electron chi connectivity index (χ0n) is 12.0. The second-order valence-corrected chi connectivity index (χ2v) is 5.65. The van der Waals surface area contributed by atoms with Crippen molar-refractivity contribution in [2.75, 3.05) is 0 Å². The number of carbonyl (C=O) groups is 1. The first-order valence-corrected chi connectivity index (χ1v) is 7.45. The normalized spacial score (nSPS) is 12.9. The van der Waals surface area contributed by atoms with Crippen LogP contribution in [0.3, 0.4) is 0 Å². The Hall–Kier alpha value is -0.570. The molecule has 3 nitrogen and oxygen atoms in total. The quantitative estimate of drug-likeness (QED) is 0.520. The van der Waals surface area contributed by atoms with Crippen molar-refractivity contribution in [3.8, 4) is 0 Å². The molecule has 0 aliphatic heterocycles. The molecular weight excluding hydrogens is 228 g/mol. The zero-order valence-corrected chi connectivity index (χ0v) is 12.0. The van der Waals surface area contributed by atoms with Gasteiger partial charge >= 0.3 is 5.97 Å². The van der Waals surface area contributed by atoms with Crippen LogP contribution < -0.4 is 0 Å². The van der Waals surface area contributed by atoms with Crippen LogP contribution in [0.25, 0.3) is 0 Å². The van der Waals surface area contributed by atoms with Crippen molar-refractivity contribution in [1.82, 2.24) is 0 Å². The van der Waals surface area contributed by atoms with E-state index in [0.29, 0.717) is 6.42 Å². The van der Waals surface area contributed by atoms with Gasteiger partial charge < -0.3 is 10.2 Å². The summed E-state index contributed by atoms with van der Waals surface area (Å²) in [6.07, 6.45) is 10.1. The molecule has 3 heteroatoms. The van der Waals surface area contributed by atoms with E-state index in [9.17, 15) is 4.79 Å². The van der Waals surface area contributed by atoms with Gasteiger partial charge in [-0.3, -0.25) is 0 Å². The van der Waals surface area contributed by atoms with Gasteiger partial charge in [0.25, 0.3) is 0 Å².